The molecule has 0 aromatic carbocycles. The van der Waals surface area contributed by atoms with Crippen LogP contribution in [0.1, 0.15) is 25.5 Å². The van der Waals surface area contributed by atoms with Gasteiger partial charge in [-0.2, -0.15) is 0 Å². The molecule has 0 spiro atoms. The maximum atomic E-state index is 6.09. The van der Waals surface area contributed by atoms with Crippen molar-refractivity contribution in [2.75, 3.05) is 33.2 Å². The van der Waals surface area contributed by atoms with Gasteiger partial charge < -0.3 is 20.1 Å². The molecule has 1 unspecified atom stereocenters. The molecule has 5 nitrogen and oxygen atoms in total. The van der Waals surface area contributed by atoms with E-state index in [2.05, 4.69) is 27.4 Å². The molecule has 1 aromatic rings. The van der Waals surface area contributed by atoms with Crippen LogP contribution in [0.4, 0.5) is 0 Å². The number of hydrogen-bond donors (Lipinski definition) is 2. The van der Waals surface area contributed by atoms with Crippen molar-refractivity contribution in [2.24, 2.45) is 18.0 Å². The predicted octanol–water partition coefficient (Wildman–Crippen LogP) is 3.35. The quantitative estimate of drug-likeness (QED) is 0.380. The van der Waals surface area contributed by atoms with E-state index in [0.717, 1.165) is 24.7 Å². The van der Waals surface area contributed by atoms with E-state index >= 15 is 0 Å². The third kappa shape index (κ3) is 5.97. The Morgan fingerprint density at radius 1 is 1.38 bits per heavy atom. The highest BCUT2D eigenvalue weighted by Crippen LogP contribution is 2.24. The molecule has 1 fully saturated rings. The molecule has 24 heavy (non-hydrogen) atoms. The molecule has 1 aliphatic rings. The lowest BCUT2D eigenvalue weighted by atomic mass is 9.98. The molecule has 0 bridgehead atoms. The summed E-state index contributed by atoms with van der Waals surface area (Å²) in [6, 6.07) is 1.88. The lowest BCUT2D eigenvalue weighted by Gasteiger charge is -2.32. The van der Waals surface area contributed by atoms with Crippen LogP contribution < -0.4 is 10.6 Å². The van der Waals surface area contributed by atoms with Crippen molar-refractivity contribution < 1.29 is 0 Å². The molecule has 2 rings (SSSR count). The number of guanidine groups is 1. The maximum absolute atomic E-state index is 6.09. The average molecular weight is 488 g/mol. The van der Waals surface area contributed by atoms with Crippen molar-refractivity contribution in [1.82, 2.24) is 20.1 Å². The van der Waals surface area contributed by atoms with Crippen LogP contribution in [0.25, 0.3) is 0 Å². The van der Waals surface area contributed by atoms with Gasteiger partial charge in [-0.1, -0.05) is 30.1 Å². The fraction of sp³-hybridized carbons (Fsp3) is 0.688. The maximum Gasteiger partial charge on any atom is 0.191 e. The summed E-state index contributed by atoms with van der Waals surface area (Å²) >= 11 is 12.1. The highest BCUT2D eigenvalue weighted by molar-refractivity contribution is 14.0. The second-order valence-electron chi connectivity index (χ2n) is 6.04. The van der Waals surface area contributed by atoms with E-state index in [9.17, 15) is 0 Å². The summed E-state index contributed by atoms with van der Waals surface area (Å²) in [5.41, 5.74) is 1.03. The van der Waals surface area contributed by atoms with Crippen molar-refractivity contribution in [3.05, 3.63) is 21.9 Å². The molecule has 1 aliphatic heterocycles. The SMILES string of the molecule is CCN1CCCC(CNC(=NC)NCc2cc(Cl)c(Cl)n2C)C1.I. The van der Waals surface area contributed by atoms with Gasteiger partial charge in [0.1, 0.15) is 5.15 Å². The zero-order valence-corrected chi connectivity index (χ0v) is 18.5. The van der Waals surface area contributed by atoms with E-state index in [1.165, 1.54) is 25.9 Å². The molecule has 0 radical (unpaired) electrons. The van der Waals surface area contributed by atoms with E-state index < -0.39 is 0 Å². The first-order chi connectivity index (χ1) is 11.0. The summed E-state index contributed by atoms with van der Waals surface area (Å²) in [7, 11) is 3.70. The van der Waals surface area contributed by atoms with E-state index in [-0.39, 0.29) is 24.0 Å². The zero-order valence-electron chi connectivity index (χ0n) is 14.6. The Morgan fingerprint density at radius 2 is 2.12 bits per heavy atom. The second kappa shape index (κ2) is 10.7. The molecular formula is C16H28Cl2IN5. The van der Waals surface area contributed by atoms with E-state index in [0.29, 0.717) is 22.6 Å². The van der Waals surface area contributed by atoms with Crippen molar-refractivity contribution in [3.63, 3.8) is 0 Å². The molecular weight excluding hydrogens is 460 g/mol. The number of halogens is 3. The predicted molar refractivity (Wildman–Crippen MR) is 114 cm³/mol. The van der Waals surface area contributed by atoms with Gasteiger partial charge in [0, 0.05) is 32.9 Å². The summed E-state index contributed by atoms with van der Waals surface area (Å²) < 4.78 is 1.88. The second-order valence-corrected chi connectivity index (χ2v) is 6.81. The number of rotatable bonds is 5. The Balaban J connectivity index is 0.00000288. The Bertz CT molecular complexity index is 547. The van der Waals surface area contributed by atoms with Crippen molar-refractivity contribution in [3.8, 4) is 0 Å². The van der Waals surface area contributed by atoms with Gasteiger partial charge in [0.2, 0.25) is 0 Å². The summed E-state index contributed by atoms with van der Waals surface area (Å²) in [5.74, 6) is 1.49. The fourth-order valence-electron chi connectivity index (χ4n) is 3.00. The Kier molecular flexibility index (Phi) is 9.77. The van der Waals surface area contributed by atoms with Crippen LogP contribution >= 0.6 is 47.2 Å². The first kappa shape index (κ1) is 21.9. The minimum Gasteiger partial charge on any atom is -0.356 e. The van der Waals surface area contributed by atoms with Crippen LogP contribution in [-0.2, 0) is 13.6 Å². The summed E-state index contributed by atoms with van der Waals surface area (Å²) in [6.45, 7) is 7.35. The first-order valence-corrected chi connectivity index (χ1v) is 8.97. The number of nitrogens with zero attached hydrogens (tertiary/aromatic N) is 3. The van der Waals surface area contributed by atoms with E-state index in [1.807, 2.05) is 17.7 Å². The van der Waals surface area contributed by atoms with Gasteiger partial charge in [0.15, 0.2) is 5.96 Å². The summed E-state index contributed by atoms with van der Waals surface area (Å²) in [4.78, 5) is 6.81. The minimum atomic E-state index is 0. The molecule has 0 amide bonds. The highest BCUT2D eigenvalue weighted by atomic mass is 127. The fourth-order valence-corrected chi connectivity index (χ4v) is 3.42. The zero-order chi connectivity index (χ0) is 16.8. The first-order valence-electron chi connectivity index (χ1n) is 8.21. The number of aliphatic imine (C=N–C) groups is 1. The Morgan fingerprint density at radius 3 is 2.71 bits per heavy atom. The van der Waals surface area contributed by atoms with Crippen LogP contribution in [-0.4, -0.2) is 48.7 Å². The van der Waals surface area contributed by atoms with Crippen LogP contribution in [0, 0.1) is 5.92 Å². The number of aromatic nitrogens is 1. The summed E-state index contributed by atoms with van der Waals surface area (Å²) in [5, 5.41) is 7.89. The number of piperidine rings is 1. The van der Waals surface area contributed by atoms with Crippen LogP contribution in [0.3, 0.4) is 0 Å². The van der Waals surface area contributed by atoms with Crippen molar-refractivity contribution in [2.45, 2.75) is 26.3 Å². The van der Waals surface area contributed by atoms with Gasteiger partial charge in [-0.3, -0.25) is 4.99 Å². The molecule has 2 heterocycles. The van der Waals surface area contributed by atoms with Crippen molar-refractivity contribution >= 4 is 53.1 Å². The molecule has 8 heteroatoms. The monoisotopic (exact) mass is 487 g/mol. The molecule has 0 saturated carbocycles. The van der Waals surface area contributed by atoms with Crippen LogP contribution in [0.15, 0.2) is 11.1 Å². The van der Waals surface area contributed by atoms with E-state index in [4.69, 9.17) is 23.2 Å². The smallest absolute Gasteiger partial charge is 0.191 e. The lowest BCUT2D eigenvalue weighted by Crippen LogP contribution is -2.44. The molecule has 2 N–H and O–H groups in total. The molecule has 1 aromatic heterocycles. The normalized spacial score (nSPS) is 19.0. The minimum absolute atomic E-state index is 0. The van der Waals surface area contributed by atoms with E-state index in [1.54, 1.807) is 7.05 Å². The summed E-state index contributed by atoms with van der Waals surface area (Å²) in [6.07, 6.45) is 2.57. The van der Waals surface area contributed by atoms with Gasteiger partial charge >= 0.3 is 0 Å². The van der Waals surface area contributed by atoms with Gasteiger partial charge in [-0.25, -0.2) is 0 Å². The van der Waals surface area contributed by atoms with Gasteiger partial charge in [-0.15, -0.1) is 24.0 Å². The van der Waals surface area contributed by atoms with Crippen molar-refractivity contribution in [1.29, 1.82) is 0 Å². The number of nitrogens with one attached hydrogen (secondary N) is 2. The lowest BCUT2D eigenvalue weighted by molar-refractivity contribution is 0.183. The third-order valence-electron chi connectivity index (χ3n) is 4.48. The standard InChI is InChI=1S/C16H27Cl2N5.HI/c1-4-23-7-5-6-12(11-23)9-20-16(19-2)21-10-13-8-14(17)15(18)22(13)3;/h8,12H,4-7,9-11H2,1-3H3,(H2,19,20,21);1H. The Hall–Kier alpha value is -0.180. The van der Waals surface area contributed by atoms with Crippen LogP contribution in [0.5, 0.6) is 0 Å². The topological polar surface area (TPSA) is 44.6 Å². The third-order valence-corrected chi connectivity index (χ3v) is 5.33. The molecule has 1 saturated heterocycles. The van der Waals surface area contributed by atoms with Gasteiger partial charge in [-0.05, 0) is 37.9 Å². The molecule has 0 aliphatic carbocycles. The molecule has 138 valence electrons. The average Bonchev–Trinajstić information content (AvgIpc) is 2.82. The number of hydrogen-bond acceptors (Lipinski definition) is 2. The van der Waals surface area contributed by atoms with Gasteiger partial charge in [0.25, 0.3) is 0 Å². The largest absolute Gasteiger partial charge is 0.356 e. The molecule has 1 atom stereocenters. The Labute approximate surface area is 172 Å². The van der Waals surface area contributed by atoms with Gasteiger partial charge in [0.05, 0.1) is 11.6 Å². The highest BCUT2D eigenvalue weighted by Gasteiger charge is 2.18. The van der Waals surface area contributed by atoms with Crippen LogP contribution in [0.2, 0.25) is 10.2 Å². The number of likely N-dealkylation sites (tertiary alicyclic amines) is 1.